The summed E-state index contributed by atoms with van der Waals surface area (Å²) in [5.74, 6) is -0.751. The van der Waals surface area contributed by atoms with E-state index in [1.54, 1.807) is 0 Å². The molecular weight excluding hydrogens is 200 g/mol. The van der Waals surface area contributed by atoms with Gasteiger partial charge in [-0.05, 0) is 25.3 Å². The average Bonchev–Trinajstić information content (AvgIpc) is 2.31. The first kappa shape index (κ1) is 12.5. The molecule has 1 atom stereocenters. The van der Waals surface area contributed by atoms with Gasteiger partial charge < -0.3 is 5.11 Å². The molecule has 0 heterocycles. The summed E-state index contributed by atoms with van der Waals surface area (Å²) in [5.41, 5.74) is 0.0939. The number of hydrogen-bond acceptors (Lipinski definition) is 1. The first-order valence-electron chi connectivity index (χ1n) is 5.57. The van der Waals surface area contributed by atoms with Crippen molar-refractivity contribution >= 4 is 5.97 Å². The predicted octanol–water partition coefficient (Wildman–Crippen LogP) is 3.39. The highest BCUT2D eigenvalue weighted by molar-refractivity contribution is 5.81. The Morgan fingerprint density at radius 3 is 2.44 bits per heavy atom. The monoisotopic (exact) mass is 218 g/mol. The van der Waals surface area contributed by atoms with Gasteiger partial charge in [-0.1, -0.05) is 49.4 Å². The predicted molar refractivity (Wildman–Crippen MR) is 65.5 cm³/mol. The summed E-state index contributed by atoms with van der Waals surface area (Å²) in [7, 11) is 0. The van der Waals surface area contributed by atoms with Gasteiger partial charge >= 0.3 is 5.97 Å². The average molecular weight is 218 g/mol. The number of allylic oxidation sites excluding steroid dienone is 2. The fourth-order valence-corrected chi connectivity index (χ4v) is 1.90. The van der Waals surface area contributed by atoms with Crippen LogP contribution in [0, 0.1) is 0 Å². The molecule has 1 aromatic carbocycles. The minimum atomic E-state index is -0.784. The molecule has 2 heteroatoms. The van der Waals surface area contributed by atoms with Gasteiger partial charge in [0.1, 0.15) is 0 Å². The van der Waals surface area contributed by atoms with Crippen LogP contribution in [0.4, 0.5) is 0 Å². The normalized spacial score (nSPS) is 14.9. The van der Waals surface area contributed by atoms with E-state index in [1.807, 2.05) is 56.3 Å². The Morgan fingerprint density at radius 1 is 1.38 bits per heavy atom. The third kappa shape index (κ3) is 2.32. The van der Waals surface area contributed by atoms with E-state index in [0.29, 0.717) is 12.8 Å². The van der Waals surface area contributed by atoms with Crippen molar-refractivity contribution in [3.63, 3.8) is 0 Å². The van der Waals surface area contributed by atoms with Crippen LogP contribution in [0.1, 0.15) is 32.3 Å². The van der Waals surface area contributed by atoms with Gasteiger partial charge in [-0.2, -0.15) is 0 Å². The topological polar surface area (TPSA) is 37.3 Å². The highest BCUT2D eigenvalue weighted by Gasteiger charge is 2.37. The molecule has 0 aliphatic heterocycles. The maximum Gasteiger partial charge on any atom is 0.314 e. The molecular formula is C14H18O2. The molecule has 0 saturated heterocycles. The molecule has 0 amide bonds. The molecule has 0 radical (unpaired) electrons. The van der Waals surface area contributed by atoms with E-state index < -0.39 is 11.4 Å². The Morgan fingerprint density at radius 2 is 2.00 bits per heavy atom. The maximum absolute atomic E-state index is 11.5. The first-order valence-corrected chi connectivity index (χ1v) is 5.57. The molecule has 0 fully saturated rings. The number of hydrogen-bond donors (Lipinski definition) is 1. The molecule has 86 valence electrons. The summed E-state index contributed by atoms with van der Waals surface area (Å²) in [6.45, 7) is 3.83. The second-order valence-electron chi connectivity index (χ2n) is 3.88. The number of carboxylic acid groups (broad SMARTS) is 1. The number of rotatable bonds is 5. The Hall–Kier alpha value is -1.57. The van der Waals surface area contributed by atoms with E-state index in [-0.39, 0.29) is 0 Å². The van der Waals surface area contributed by atoms with Crippen LogP contribution in [0.5, 0.6) is 0 Å². The molecule has 0 bridgehead atoms. The minimum absolute atomic E-state index is 0.541. The first-order chi connectivity index (χ1) is 7.67. The smallest absolute Gasteiger partial charge is 0.314 e. The van der Waals surface area contributed by atoms with Crippen LogP contribution < -0.4 is 0 Å². The third-order valence-electron chi connectivity index (χ3n) is 3.04. The van der Waals surface area contributed by atoms with Gasteiger partial charge in [0, 0.05) is 0 Å². The zero-order valence-corrected chi connectivity index (χ0v) is 9.81. The van der Waals surface area contributed by atoms with Crippen molar-refractivity contribution in [1.82, 2.24) is 0 Å². The summed E-state index contributed by atoms with van der Waals surface area (Å²) in [6.07, 6.45) is 4.96. The van der Waals surface area contributed by atoms with Crippen LogP contribution in [-0.4, -0.2) is 11.1 Å². The van der Waals surface area contributed by atoms with Gasteiger partial charge in [-0.3, -0.25) is 4.79 Å². The molecule has 0 spiro atoms. The van der Waals surface area contributed by atoms with Gasteiger partial charge in [0.05, 0.1) is 5.41 Å². The Kier molecular flexibility index (Phi) is 4.29. The van der Waals surface area contributed by atoms with Crippen LogP contribution in [0.15, 0.2) is 42.5 Å². The second-order valence-corrected chi connectivity index (χ2v) is 3.88. The lowest BCUT2D eigenvalue weighted by molar-refractivity contribution is -0.144. The van der Waals surface area contributed by atoms with Gasteiger partial charge in [-0.15, -0.1) is 0 Å². The molecule has 2 nitrogen and oxygen atoms in total. The zero-order valence-electron chi connectivity index (χ0n) is 9.81. The van der Waals surface area contributed by atoms with Crippen molar-refractivity contribution < 1.29 is 9.90 Å². The van der Waals surface area contributed by atoms with Crippen molar-refractivity contribution in [3.05, 3.63) is 48.0 Å². The summed E-state index contributed by atoms with van der Waals surface area (Å²) in [5, 5.41) is 9.47. The number of carboxylic acids is 1. The van der Waals surface area contributed by atoms with Crippen molar-refractivity contribution in [2.75, 3.05) is 0 Å². The second kappa shape index (κ2) is 5.50. The van der Waals surface area contributed by atoms with Crippen LogP contribution in [-0.2, 0) is 10.2 Å². The molecule has 0 aliphatic rings. The van der Waals surface area contributed by atoms with Crippen LogP contribution >= 0.6 is 0 Å². The quantitative estimate of drug-likeness (QED) is 0.769. The summed E-state index contributed by atoms with van der Waals surface area (Å²) in [4.78, 5) is 11.5. The van der Waals surface area contributed by atoms with Crippen LogP contribution in [0.25, 0.3) is 0 Å². The van der Waals surface area contributed by atoms with Crippen LogP contribution in [0.2, 0.25) is 0 Å². The fraction of sp³-hybridized carbons (Fsp3) is 0.357. The lowest BCUT2D eigenvalue weighted by Crippen LogP contribution is -2.34. The summed E-state index contributed by atoms with van der Waals surface area (Å²) >= 11 is 0. The number of carbonyl (C=O) groups is 1. The van der Waals surface area contributed by atoms with Crippen molar-refractivity contribution in [1.29, 1.82) is 0 Å². The molecule has 0 aromatic heterocycles. The number of aliphatic carboxylic acids is 1. The standard InChI is InChI=1S/C14H18O2/c1-3-5-11-14(4-2,13(15)16)12-9-7-6-8-10-12/h3,5-10H,4,11H2,1-2H3,(H,15,16). The van der Waals surface area contributed by atoms with Gasteiger partial charge in [0.2, 0.25) is 0 Å². The van der Waals surface area contributed by atoms with Gasteiger partial charge in [-0.25, -0.2) is 0 Å². The Labute approximate surface area is 96.6 Å². The van der Waals surface area contributed by atoms with Crippen molar-refractivity contribution in [2.45, 2.75) is 32.1 Å². The highest BCUT2D eigenvalue weighted by Crippen LogP contribution is 2.32. The van der Waals surface area contributed by atoms with Gasteiger partial charge in [0.15, 0.2) is 0 Å². The van der Waals surface area contributed by atoms with Crippen molar-refractivity contribution in [2.24, 2.45) is 0 Å². The van der Waals surface area contributed by atoms with Gasteiger partial charge in [0.25, 0.3) is 0 Å². The fourth-order valence-electron chi connectivity index (χ4n) is 1.90. The highest BCUT2D eigenvalue weighted by atomic mass is 16.4. The molecule has 1 unspecified atom stereocenters. The molecule has 1 N–H and O–H groups in total. The Balaban J connectivity index is 3.17. The van der Waals surface area contributed by atoms with Crippen LogP contribution in [0.3, 0.4) is 0 Å². The SMILES string of the molecule is CC=CCC(CC)(C(=O)O)c1ccccc1. The molecule has 0 saturated carbocycles. The maximum atomic E-state index is 11.5. The minimum Gasteiger partial charge on any atom is -0.481 e. The zero-order chi connectivity index (χ0) is 12.0. The van der Waals surface area contributed by atoms with Crippen molar-refractivity contribution in [3.8, 4) is 0 Å². The summed E-state index contributed by atoms with van der Waals surface area (Å²) < 4.78 is 0. The largest absolute Gasteiger partial charge is 0.481 e. The lowest BCUT2D eigenvalue weighted by atomic mass is 9.75. The van der Waals surface area contributed by atoms with E-state index in [9.17, 15) is 9.90 Å². The number of benzene rings is 1. The Bertz CT molecular complexity index is 368. The van der Waals surface area contributed by atoms with E-state index in [4.69, 9.17) is 0 Å². The lowest BCUT2D eigenvalue weighted by Gasteiger charge is -2.27. The third-order valence-corrected chi connectivity index (χ3v) is 3.04. The van der Waals surface area contributed by atoms with E-state index in [1.165, 1.54) is 0 Å². The molecule has 0 aliphatic carbocycles. The molecule has 1 aromatic rings. The molecule has 1 rings (SSSR count). The van der Waals surface area contributed by atoms with E-state index in [2.05, 4.69) is 0 Å². The van der Waals surface area contributed by atoms with E-state index >= 15 is 0 Å². The summed E-state index contributed by atoms with van der Waals surface area (Å²) in [6, 6.07) is 9.46. The van der Waals surface area contributed by atoms with E-state index in [0.717, 1.165) is 5.56 Å². The molecule has 16 heavy (non-hydrogen) atoms.